The van der Waals surface area contributed by atoms with Gasteiger partial charge >= 0.3 is 0 Å². The Morgan fingerprint density at radius 2 is 1.87 bits per heavy atom. The number of carbonyl (C=O) groups is 1. The molecule has 2 atom stereocenters. The van der Waals surface area contributed by atoms with E-state index in [1.54, 1.807) is 0 Å². The normalized spacial score (nSPS) is 22.6. The minimum Gasteiger partial charge on any atom is -0.351 e. The van der Waals surface area contributed by atoms with Crippen LogP contribution < -0.4 is 5.32 Å². The zero-order chi connectivity index (χ0) is 15.6. The summed E-state index contributed by atoms with van der Waals surface area (Å²) >= 11 is 0. The van der Waals surface area contributed by atoms with Gasteiger partial charge in [-0.15, -0.1) is 0 Å². The van der Waals surface area contributed by atoms with Gasteiger partial charge in [-0.2, -0.15) is 0 Å². The van der Waals surface area contributed by atoms with Crippen molar-refractivity contribution in [3.8, 4) is 0 Å². The summed E-state index contributed by atoms with van der Waals surface area (Å²) in [5.41, 5.74) is 3.84. The highest BCUT2D eigenvalue weighted by Crippen LogP contribution is 2.23. The third-order valence-corrected chi connectivity index (χ3v) is 4.80. The summed E-state index contributed by atoms with van der Waals surface area (Å²) in [7, 11) is 0. The van der Waals surface area contributed by atoms with Crippen LogP contribution in [0, 0.1) is 0 Å². The summed E-state index contributed by atoms with van der Waals surface area (Å²) in [5, 5.41) is 3.22. The van der Waals surface area contributed by atoms with E-state index in [9.17, 15) is 4.79 Å². The first-order valence-electron chi connectivity index (χ1n) is 8.31. The maximum absolute atomic E-state index is 12.4. The average molecular weight is 307 g/mol. The van der Waals surface area contributed by atoms with E-state index in [1.165, 1.54) is 11.1 Å². The predicted octanol–water partition coefficient (Wildman–Crippen LogP) is 1.59. The SMILES string of the molecule is O=C(NC1Cc2ccccc2C1)C1CN1CCc1ccccn1. The molecule has 1 aromatic carbocycles. The summed E-state index contributed by atoms with van der Waals surface area (Å²) in [5.74, 6) is 0.184. The lowest BCUT2D eigenvalue weighted by atomic mass is 10.1. The number of fused-ring (bicyclic) bond motifs is 1. The lowest BCUT2D eigenvalue weighted by Crippen LogP contribution is -2.39. The molecule has 4 rings (SSSR count). The fourth-order valence-electron chi connectivity index (χ4n) is 3.43. The van der Waals surface area contributed by atoms with Gasteiger partial charge in [-0.05, 0) is 36.1 Å². The number of rotatable bonds is 5. The Hall–Kier alpha value is -2.20. The zero-order valence-corrected chi connectivity index (χ0v) is 13.1. The molecule has 2 heterocycles. The van der Waals surface area contributed by atoms with E-state index in [4.69, 9.17) is 0 Å². The van der Waals surface area contributed by atoms with Crippen molar-refractivity contribution in [2.45, 2.75) is 31.3 Å². The molecular weight excluding hydrogens is 286 g/mol. The second-order valence-electron chi connectivity index (χ2n) is 6.46. The molecular formula is C19H21N3O. The Morgan fingerprint density at radius 3 is 2.57 bits per heavy atom. The van der Waals surface area contributed by atoms with Gasteiger partial charge in [-0.25, -0.2) is 0 Å². The Morgan fingerprint density at radius 1 is 1.13 bits per heavy atom. The van der Waals surface area contributed by atoms with Crippen molar-refractivity contribution >= 4 is 5.91 Å². The monoisotopic (exact) mass is 307 g/mol. The van der Waals surface area contributed by atoms with Crippen LogP contribution in [0.5, 0.6) is 0 Å². The Labute approximate surface area is 136 Å². The van der Waals surface area contributed by atoms with Gasteiger partial charge in [-0.1, -0.05) is 30.3 Å². The average Bonchev–Trinajstić information content (AvgIpc) is 3.25. The summed E-state index contributed by atoms with van der Waals surface area (Å²) in [4.78, 5) is 18.9. The second-order valence-corrected chi connectivity index (χ2v) is 6.46. The zero-order valence-electron chi connectivity index (χ0n) is 13.1. The molecule has 118 valence electrons. The van der Waals surface area contributed by atoms with E-state index in [0.717, 1.165) is 38.0 Å². The second kappa shape index (κ2) is 6.13. The van der Waals surface area contributed by atoms with Crippen LogP contribution in [0.25, 0.3) is 0 Å². The number of nitrogens with one attached hydrogen (secondary N) is 1. The first-order chi connectivity index (χ1) is 11.3. The van der Waals surface area contributed by atoms with Crippen molar-refractivity contribution in [3.63, 3.8) is 0 Å². The van der Waals surface area contributed by atoms with Crippen molar-refractivity contribution < 1.29 is 4.79 Å². The van der Waals surface area contributed by atoms with E-state index < -0.39 is 0 Å². The third-order valence-electron chi connectivity index (χ3n) is 4.80. The van der Waals surface area contributed by atoms with E-state index in [2.05, 4.69) is 39.5 Å². The smallest absolute Gasteiger partial charge is 0.238 e. The number of hydrogen-bond acceptors (Lipinski definition) is 3. The predicted molar refractivity (Wildman–Crippen MR) is 89.1 cm³/mol. The topological polar surface area (TPSA) is 45.0 Å². The van der Waals surface area contributed by atoms with E-state index in [-0.39, 0.29) is 18.0 Å². The van der Waals surface area contributed by atoms with Gasteiger partial charge in [0.2, 0.25) is 5.91 Å². The van der Waals surface area contributed by atoms with Crippen molar-refractivity contribution in [2.75, 3.05) is 13.1 Å². The largest absolute Gasteiger partial charge is 0.351 e. The maximum Gasteiger partial charge on any atom is 0.238 e. The molecule has 1 aliphatic heterocycles. The molecule has 4 nitrogen and oxygen atoms in total. The first kappa shape index (κ1) is 14.4. The molecule has 1 N–H and O–H groups in total. The van der Waals surface area contributed by atoms with Gasteiger partial charge < -0.3 is 5.32 Å². The fraction of sp³-hybridized carbons (Fsp3) is 0.368. The number of nitrogens with zero attached hydrogens (tertiary/aromatic N) is 2. The lowest BCUT2D eigenvalue weighted by Gasteiger charge is -2.12. The minimum atomic E-state index is 0.0578. The number of carbonyl (C=O) groups excluding carboxylic acids is 1. The standard InChI is InChI=1S/C19H21N3O/c23-19(21-17-11-14-5-1-2-6-15(14)12-17)18-13-22(18)10-8-16-7-3-4-9-20-16/h1-7,9,17-18H,8,10-13H2,(H,21,23). The van der Waals surface area contributed by atoms with Crippen LogP contribution >= 0.6 is 0 Å². The van der Waals surface area contributed by atoms with Gasteiger partial charge in [0.05, 0.1) is 0 Å². The van der Waals surface area contributed by atoms with E-state index >= 15 is 0 Å². The number of hydrogen-bond donors (Lipinski definition) is 1. The van der Waals surface area contributed by atoms with Crippen LogP contribution in [0.1, 0.15) is 16.8 Å². The van der Waals surface area contributed by atoms with Gasteiger partial charge in [0.15, 0.2) is 0 Å². The van der Waals surface area contributed by atoms with Gasteiger partial charge in [0, 0.05) is 37.4 Å². The molecule has 1 aromatic heterocycles. The molecule has 1 aliphatic carbocycles. The van der Waals surface area contributed by atoms with Crippen molar-refractivity contribution in [1.29, 1.82) is 0 Å². The van der Waals surface area contributed by atoms with E-state index in [0.29, 0.717) is 0 Å². The molecule has 2 aliphatic rings. The number of amides is 1. The Bertz CT molecular complexity index is 676. The summed E-state index contributed by atoms with van der Waals surface area (Å²) in [6.45, 7) is 1.78. The molecule has 1 saturated heterocycles. The number of pyridine rings is 1. The van der Waals surface area contributed by atoms with Crippen LogP contribution in [-0.4, -0.2) is 41.0 Å². The molecule has 23 heavy (non-hydrogen) atoms. The summed E-state index contributed by atoms with van der Waals surface area (Å²) < 4.78 is 0. The molecule has 0 saturated carbocycles. The summed E-state index contributed by atoms with van der Waals surface area (Å²) in [6, 6.07) is 14.8. The highest BCUT2D eigenvalue weighted by atomic mass is 16.2. The molecule has 0 spiro atoms. The van der Waals surface area contributed by atoms with Crippen molar-refractivity contribution in [1.82, 2.24) is 15.2 Å². The molecule has 4 heteroatoms. The molecule has 0 bridgehead atoms. The van der Waals surface area contributed by atoms with Crippen molar-refractivity contribution in [3.05, 3.63) is 65.5 Å². The van der Waals surface area contributed by atoms with Gasteiger partial charge in [0.1, 0.15) is 6.04 Å². The van der Waals surface area contributed by atoms with E-state index in [1.807, 2.05) is 24.4 Å². The highest BCUT2D eigenvalue weighted by molar-refractivity contribution is 5.85. The molecule has 2 unspecified atom stereocenters. The van der Waals surface area contributed by atoms with Crippen LogP contribution in [0.4, 0.5) is 0 Å². The number of aromatic nitrogens is 1. The Kier molecular flexibility index (Phi) is 3.83. The quantitative estimate of drug-likeness (QED) is 0.853. The van der Waals surface area contributed by atoms with Crippen LogP contribution in [0.3, 0.4) is 0 Å². The third kappa shape index (κ3) is 3.27. The number of benzene rings is 1. The molecule has 2 aromatic rings. The summed E-state index contributed by atoms with van der Waals surface area (Å²) in [6.07, 6.45) is 4.64. The molecule has 0 radical (unpaired) electrons. The Balaban J connectivity index is 1.24. The molecule has 1 fully saturated rings. The molecule has 1 amide bonds. The maximum atomic E-state index is 12.4. The van der Waals surface area contributed by atoms with Gasteiger partial charge in [-0.3, -0.25) is 14.7 Å². The van der Waals surface area contributed by atoms with Crippen LogP contribution in [0.15, 0.2) is 48.7 Å². The fourth-order valence-corrected chi connectivity index (χ4v) is 3.43. The lowest BCUT2D eigenvalue weighted by molar-refractivity contribution is -0.121. The first-order valence-corrected chi connectivity index (χ1v) is 8.31. The van der Waals surface area contributed by atoms with Crippen LogP contribution in [-0.2, 0) is 24.1 Å². The minimum absolute atomic E-state index is 0.0578. The van der Waals surface area contributed by atoms with Crippen molar-refractivity contribution in [2.24, 2.45) is 0 Å². The highest BCUT2D eigenvalue weighted by Gasteiger charge is 2.40. The van der Waals surface area contributed by atoms with Crippen LogP contribution in [0.2, 0.25) is 0 Å². The van der Waals surface area contributed by atoms with Gasteiger partial charge in [0.25, 0.3) is 0 Å².